The summed E-state index contributed by atoms with van der Waals surface area (Å²) in [4.78, 5) is 161. The molecule has 0 fully saturated rings. The summed E-state index contributed by atoms with van der Waals surface area (Å²) in [5.74, 6) is -12.9. The van der Waals surface area contributed by atoms with E-state index in [2.05, 4.69) is 31.6 Å². The van der Waals surface area contributed by atoms with Gasteiger partial charge in [-0.2, -0.15) is 0 Å². The molecule has 0 aliphatic carbocycles. The predicted molar refractivity (Wildman–Crippen MR) is 310 cm³/mol. The fraction of sp³-hybridized carbons (Fsp3) is 0.459. The number of carboxylic acid groups (broad SMARTS) is 2. The van der Waals surface area contributed by atoms with Crippen LogP contribution in [0.4, 0.5) is 8.78 Å². The van der Waals surface area contributed by atoms with Crippen LogP contribution in [0.1, 0.15) is 128 Å². The predicted octanol–water partition coefficient (Wildman–Crippen LogP) is 3.39. The lowest BCUT2D eigenvalue weighted by atomic mass is 9.82. The number of nitrogens with one attached hydrogen (secondary N) is 5. The number of carbonyl (C=O) groups excluding carboxylic acids is 10. The molecule has 0 unspecified atom stereocenters. The van der Waals surface area contributed by atoms with Crippen LogP contribution in [0.15, 0.2) is 85.3 Å². The number of aliphatic hydroxyl groups is 1. The molecule has 24 nitrogen and oxygen atoms in total. The summed E-state index contributed by atoms with van der Waals surface area (Å²) in [7, 11) is 0. The molecular formula is C61H77F2N9O15. The zero-order valence-electron chi connectivity index (χ0n) is 49.3. The number of ketones is 3. The summed E-state index contributed by atoms with van der Waals surface area (Å²) in [5.41, 5.74) is 6.57. The Morgan fingerprint density at radius 1 is 0.678 bits per heavy atom. The Morgan fingerprint density at radius 3 is 1.97 bits per heavy atom. The molecule has 470 valence electrons. The number of hydrogen-bond donors (Lipinski definition) is 9. The summed E-state index contributed by atoms with van der Waals surface area (Å²) in [5, 5.41) is 41.3. The minimum absolute atomic E-state index is 0.0549. The maximum absolute atomic E-state index is 15.5. The summed E-state index contributed by atoms with van der Waals surface area (Å²) >= 11 is 0. The fourth-order valence-electron chi connectivity index (χ4n) is 9.51. The Bertz CT molecular complexity index is 3100. The van der Waals surface area contributed by atoms with Gasteiger partial charge in [0.05, 0.1) is 37.4 Å². The van der Waals surface area contributed by atoms with E-state index in [-0.39, 0.29) is 62.7 Å². The molecule has 2 aromatic heterocycles. The second kappa shape index (κ2) is 34.2. The minimum atomic E-state index is -1.76. The van der Waals surface area contributed by atoms with Crippen molar-refractivity contribution < 1.29 is 81.6 Å². The molecule has 87 heavy (non-hydrogen) atoms. The van der Waals surface area contributed by atoms with E-state index >= 15 is 4.39 Å². The quantitative estimate of drug-likeness (QED) is 0.0292. The van der Waals surface area contributed by atoms with Gasteiger partial charge in [0, 0.05) is 99.5 Å². The number of nitrogens with two attached hydrogens (primary N) is 1. The molecule has 4 rings (SSSR count). The summed E-state index contributed by atoms with van der Waals surface area (Å²) in [6, 6.07) is 10.0. The van der Waals surface area contributed by atoms with Crippen LogP contribution in [0.3, 0.4) is 0 Å². The zero-order valence-corrected chi connectivity index (χ0v) is 49.3. The van der Waals surface area contributed by atoms with Crippen molar-refractivity contribution in [1.29, 1.82) is 0 Å². The highest BCUT2D eigenvalue weighted by Crippen LogP contribution is 2.41. The van der Waals surface area contributed by atoms with Gasteiger partial charge in [-0.15, -0.1) is 0 Å². The van der Waals surface area contributed by atoms with Crippen LogP contribution in [0.25, 0.3) is 11.1 Å². The second-order valence-electron chi connectivity index (χ2n) is 22.2. The van der Waals surface area contributed by atoms with Gasteiger partial charge in [-0.1, -0.05) is 58.0 Å². The number of aromatic nitrogens is 2. The number of pyridine rings is 1. The van der Waals surface area contributed by atoms with Crippen LogP contribution in [-0.4, -0.2) is 144 Å². The van der Waals surface area contributed by atoms with E-state index in [0.29, 0.717) is 11.3 Å². The van der Waals surface area contributed by atoms with E-state index in [9.17, 15) is 72.1 Å². The highest BCUT2D eigenvalue weighted by atomic mass is 19.1. The Labute approximate surface area is 501 Å². The highest BCUT2D eigenvalue weighted by Gasteiger charge is 2.39. The van der Waals surface area contributed by atoms with E-state index in [1.54, 1.807) is 67.9 Å². The van der Waals surface area contributed by atoms with E-state index in [1.807, 2.05) is 12.1 Å². The molecule has 0 saturated carbocycles. The van der Waals surface area contributed by atoms with Gasteiger partial charge in [-0.3, -0.25) is 62.5 Å². The third-order valence-electron chi connectivity index (χ3n) is 14.0. The number of aliphatic carboxylic acids is 2. The molecule has 6 atom stereocenters. The number of amides is 7. The average molecular weight is 1210 g/mol. The SMILES string of the molecule is C[C@H](NC(=O)Cc1ccncc1)C(=O)C[C@H](C)C(=O)N[C@@H](CC(N)=O)C(=O)N[C@@H](CCN(C(=O)CO)[C@@H](c1cc(-c2cc(F)ccc2F)cn1Cc1ccccc1)C(C)(C)C)C(=O)NCCCC(=O)[C@@H](CCC(=O)O)NC(=O)CCC(=O)CCC(=O)O. The van der Waals surface area contributed by atoms with Gasteiger partial charge in [0.25, 0.3) is 0 Å². The van der Waals surface area contributed by atoms with Gasteiger partial charge in [-0.25, -0.2) is 8.78 Å². The Morgan fingerprint density at radius 2 is 1.33 bits per heavy atom. The van der Waals surface area contributed by atoms with Crippen LogP contribution < -0.4 is 32.3 Å². The lowest BCUT2D eigenvalue weighted by Crippen LogP contribution is -2.56. The van der Waals surface area contributed by atoms with Gasteiger partial charge in [0.15, 0.2) is 11.6 Å². The summed E-state index contributed by atoms with van der Waals surface area (Å²) in [6.45, 7) is 6.53. The van der Waals surface area contributed by atoms with E-state index in [0.717, 1.165) is 23.8 Å². The molecule has 10 N–H and O–H groups in total. The van der Waals surface area contributed by atoms with Crippen molar-refractivity contribution in [3.63, 3.8) is 0 Å². The van der Waals surface area contributed by atoms with Gasteiger partial charge < -0.3 is 57.1 Å². The van der Waals surface area contributed by atoms with Crippen molar-refractivity contribution >= 4 is 70.6 Å². The third kappa shape index (κ3) is 23.7. The molecule has 7 amide bonds. The Balaban J connectivity index is 1.65. The van der Waals surface area contributed by atoms with Crippen molar-refractivity contribution in [1.82, 2.24) is 41.0 Å². The first kappa shape index (κ1) is 70.4. The average Bonchev–Trinajstić information content (AvgIpc) is 1.86. The lowest BCUT2D eigenvalue weighted by molar-refractivity contribution is -0.140. The van der Waals surface area contributed by atoms with Crippen molar-refractivity contribution in [3.8, 4) is 11.1 Å². The normalized spacial score (nSPS) is 13.3. The van der Waals surface area contributed by atoms with E-state index in [1.165, 1.54) is 31.1 Å². The topological polar surface area (TPSA) is 373 Å². The molecule has 2 aromatic carbocycles. The number of aliphatic hydroxyl groups excluding tert-OH is 1. The molecule has 4 aromatic rings. The molecule has 2 heterocycles. The number of benzene rings is 2. The van der Waals surface area contributed by atoms with Crippen LogP contribution >= 0.6 is 0 Å². The van der Waals surface area contributed by atoms with Crippen LogP contribution in [0.2, 0.25) is 0 Å². The maximum Gasteiger partial charge on any atom is 0.303 e. The maximum atomic E-state index is 15.5. The summed E-state index contributed by atoms with van der Waals surface area (Å²) < 4.78 is 31.9. The molecule has 0 bridgehead atoms. The van der Waals surface area contributed by atoms with E-state index in [4.69, 9.17) is 10.8 Å². The highest BCUT2D eigenvalue weighted by molar-refractivity contribution is 5.97. The smallest absolute Gasteiger partial charge is 0.303 e. The van der Waals surface area contributed by atoms with Crippen molar-refractivity contribution in [3.05, 3.63) is 114 Å². The number of nitrogens with zero attached hydrogens (tertiary/aromatic N) is 3. The number of halogens is 2. The molecule has 0 radical (unpaired) electrons. The molecule has 0 saturated heterocycles. The summed E-state index contributed by atoms with van der Waals surface area (Å²) in [6.07, 6.45) is -0.0253. The monoisotopic (exact) mass is 1210 g/mol. The molecule has 26 heteroatoms. The van der Waals surface area contributed by atoms with Crippen LogP contribution in [0.5, 0.6) is 0 Å². The number of rotatable bonds is 37. The van der Waals surface area contributed by atoms with Gasteiger partial charge >= 0.3 is 11.9 Å². The Hall–Kier alpha value is -9.07. The first-order chi connectivity index (χ1) is 41.1. The van der Waals surface area contributed by atoms with Crippen LogP contribution in [-0.2, 0) is 70.5 Å². The van der Waals surface area contributed by atoms with Crippen molar-refractivity contribution in [2.75, 3.05) is 19.7 Å². The van der Waals surface area contributed by atoms with Gasteiger partial charge in [0.2, 0.25) is 41.4 Å². The minimum Gasteiger partial charge on any atom is -0.481 e. The number of Topliss-reactive ketones (excluding diaryl/α,β-unsaturated/α-hetero) is 3. The molecule has 0 aliphatic heterocycles. The second-order valence-corrected chi connectivity index (χ2v) is 22.2. The van der Waals surface area contributed by atoms with Gasteiger partial charge in [-0.05, 0) is 79.1 Å². The molecular weight excluding hydrogens is 1140 g/mol. The van der Waals surface area contributed by atoms with Crippen molar-refractivity contribution in [2.24, 2.45) is 17.1 Å². The zero-order chi connectivity index (χ0) is 64.5. The third-order valence-corrected chi connectivity index (χ3v) is 14.0. The molecule has 0 aliphatic rings. The lowest BCUT2D eigenvalue weighted by Gasteiger charge is -2.41. The van der Waals surface area contributed by atoms with Crippen molar-refractivity contribution in [2.45, 2.75) is 148 Å². The number of primary amides is 1. The fourth-order valence-corrected chi connectivity index (χ4v) is 9.51. The first-order valence-corrected chi connectivity index (χ1v) is 28.3. The van der Waals surface area contributed by atoms with E-state index < -0.39 is 175 Å². The number of carboxylic acids is 2. The number of carbonyl (C=O) groups is 12. The van der Waals surface area contributed by atoms with Gasteiger partial charge in [0.1, 0.15) is 36.1 Å². The Kier molecular flexibility index (Phi) is 27.7. The number of hydrogen-bond acceptors (Lipinski definition) is 14. The molecule has 0 spiro atoms. The standard InChI is InChI=1S/C61H77F2N9O15/c1-36(28-50(76)37(2)67-53(79)29-38-21-25-65-26-22-38)58(85)70-47(32-51(64)77)60(87)69-46(59(86)66-24-9-12-49(75)45(17-20-56(83)84)68-52(78)18-14-42(74)15-19-55(81)82)23-27-72(54(80)35-73)57(61(3,4)5)48-30-40(43-31-41(62)13-16-44(43)63)34-71(48)33-39-10-7-6-8-11-39/h6-8,10-11,13,16,21-22,25-26,30-31,34,36-37,45-47,57,73H,9,12,14-15,17-20,23-24,27-29,32-33,35H2,1-5H3,(H2,64,77)(H,66,86)(H,67,79)(H,68,78)(H,69,87)(H,70,85)(H,81,82)(H,83,84)/t36-,37-,45+,46-,47-,57-/m0/s1. The largest absolute Gasteiger partial charge is 0.481 e. The van der Waals surface area contributed by atoms with Crippen LogP contribution in [0, 0.1) is 23.0 Å². The first-order valence-electron chi connectivity index (χ1n) is 28.3.